The van der Waals surface area contributed by atoms with Crippen molar-refractivity contribution in [2.24, 2.45) is 5.16 Å². The number of hydrogen-bond acceptors (Lipinski definition) is 4. The zero-order valence-corrected chi connectivity index (χ0v) is 9.42. The van der Waals surface area contributed by atoms with Crippen LogP contribution in [0.4, 0.5) is 0 Å². The van der Waals surface area contributed by atoms with E-state index in [1.807, 2.05) is 31.2 Å². The molecule has 0 aromatic heterocycles. The molecule has 5 nitrogen and oxygen atoms in total. The summed E-state index contributed by atoms with van der Waals surface area (Å²) in [6.45, 7) is 2.44. The highest BCUT2D eigenvalue weighted by Gasteiger charge is 2.29. The van der Waals surface area contributed by atoms with Gasteiger partial charge in [-0.15, -0.1) is 0 Å². The van der Waals surface area contributed by atoms with Gasteiger partial charge in [0.15, 0.2) is 0 Å². The standard InChI is InChI=1S/C12H13NO4/c1-2-16-10-6-4-3-5-8(10)9-7-11(12(14)15)17-13-9/h3-6,11H,2,7H2,1H3,(H,14,15). The van der Waals surface area contributed by atoms with Gasteiger partial charge in [-0.05, 0) is 19.1 Å². The number of hydrogen-bond donors (Lipinski definition) is 1. The summed E-state index contributed by atoms with van der Waals surface area (Å²) in [6.07, 6.45) is -0.626. The summed E-state index contributed by atoms with van der Waals surface area (Å²) in [4.78, 5) is 15.6. The van der Waals surface area contributed by atoms with E-state index in [-0.39, 0.29) is 6.42 Å². The van der Waals surface area contributed by atoms with Crippen LogP contribution in [0.3, 0.4) is 0 Å². The number of carboxylic acids is 1. The van der Waals surface area contributed by atoms with E-state index < -0.39 is 12.1 Å². The van der Waals surface area contributed by atoms with Crippen molar-refractivity contribution in [2.45, 2.75) is 19.4 Å². The van der Waals surface area contributed by atoms with Gasteiger partial charge in [-0.1, -0.05) is 17.3 Å². The molecule has 0 fully saturated rings. The molecule has 1 aromatic rings. The lowest BCUT2D eigenvalue weighted by molar-refractivity contribution is -0.148. The minimum absolute atomic E-state index is 0.263. The quantitative estimate of drug-likeness (QED) is 0.861. The third-order valence-corrected chi connectivity index (χ3v) is 2.44. The fourth-order valence-corrected chi connectivity index (χ4v) is 1.66. The number of oxime groups is 1. The predicted octanol–water partition coefficient (Wildman–Crippen LogP) is 1.66. The zero-order valence-electron chi connectivity index (χ0n) is 9.42. The molecule has 2 rings (SSSR count). The molecule has 0 saturated heterocycles. The SMILES string of the molecule is CCOc1ccccc1C1=NOC(C(=O)O)C1. The molecule has 1 heterocycles. The third kappa shape index (κ3) is 2.38. The monoisotopic (exact) mass is 235 g/mol. The number of nitrogens with zero attached hydrogens (tertiary/aromatic N) is 1. The number of aliphatic carboxylic acids is 1. The molecular weight excluding hydrogens is 222 g/mol. The third-order valence-electron chi connectivity index (χ3n) is 2.44. The van der Waals surface area contributed by atoms with Gasteiger partial charge in [-0.2, -0.15) is 0 Å². The molecule has 1 aliphatic rings. The van der Waals surface area contributed by atoms with E-state index in [0.717, 1.165) is 5.56 Å². The van der Waals surface area contributed by atoms with Gasteiger partial charge >= 0.3 is 5.97 Å². The molecule has 0 bridgehead atoms. The zero-order chi connectivity index (χ0) is 12.3. The summed E-state index contributed by atoms with van der Waals surface area (Å²) in [7, 11) is 0. The topological polar surface area (TPSA) is 68.1 Å². The van der Waals surface area contributed by atoms with Gasteiger partial charge in [-0.3, -0.25) is 0 Å². The van der Waals surface area contributed by atoms with Crippen molar-refractivity contribution in [1.29, 1.82) is 0 Å². The average molecular weight is 235 g/mol. The second-order valence-electron chi connectivity index (χ2n) is 3.60. The van der Waals surface area contributed by atoms with E-state index in [2.05, 4.69) is 5.16 Å². The van der Waals surface area contributed by atoms with Crippen LogP contribution in [0.5, 0.6) is 5.75 Å². The van der Waals surface area contributed by atoms with Crippen LogP contribution in [-0.2, 0) is 9.63 Å². The second-order valence-corrected chi connectivity index (χ2v) is 3.60. The van der Waals surface area contributed by atoms with Crippen molar-refractivity contribution in [2.75, 3.05) is 6.61 Å². The Bertz CT molecular complexity index is 456. The van der Waals surface area contributed by atoms with Crippen LogP contribution in [0.25, 0.3) is 0 Å². The highest BCUT2D eigenvalue weighted by Crippen LogP contribution is 2.24. The Balaban J connectivity index is 2.21. The minimum Gasteiger partial charge on any atom is -0.493 e. The van der Waals surface area contributed by atoms with Gasteiger partial charge in [0.05, 0.1) is 12.3 Å². The molecule has 1 unspecified atom stereocenters. The van der Waals surface area contributed by atoms with Crippen molar-refractivity contribution in [3.8, 4) is 5.75 Å². The predicted molar refractivity (Wildman–Crippen MR) is 61.3 cm³/mol. The number of carbonyl (C=O) groups is 1. The first-order chi connectivity index (χ1) is 8.22. The van der Waals surface area contributed by atoms with E-state index in [1.165, 1.54) is 0 Å². The first-order valence-electron chi connectivity index (χ1n) is 5.40. The van der Waals surface area contributed by atoms with Crippen LogP contribution in [0, 0.1) is 0 Å². The maximum absolute atomic E-state index is 10.8. The summed E-state index contributed by atoms with van der Waals surface area (Å²) in [6, 6.07) is 7.39. The Morgan fingerprint density at radius 2 is 2.35 bits per heavy atom. The number of carboxylic acid groups (broad SMARTS) is 1. The van der Waals surface area contributed by atoms with Gasteiger partial charge < -0.3 is 14.7 Å². The van der Waals surface area contributed by atoms with Crippen molar-refractivity contribution in [3.05, 3.63) is 29.8 Å². The summed E-state index contributed by atoms with van der Waals surface area (Å²) in [5.41, 5.74) is 1.40. The molecule has 0 saturated carbocycles. The smallest absolute Gasteiger partial charge is 0.348 e. The molecule has 0 radical (unpaired) electrons. The van der Waals surface area contributed by atoms with Crippen molar-refractivity contribution < 1.29 is 19.5 Å². The molecule has 1 N–H and O–H groups in total. The second kappa shape index (κ2) is 4.86. The molecular formula is C12H13NO4. The lowest BCUT2D eigenvalue weighted by Gasteiger charge is -2.08. The van der Waals surface area contributed by atoms with E-state index in [9.17, 15) is 4.79 Å². The summed E-state index contributed by atoms with van der Waals surface area (Å²) < 4.78 is 5.46. The van der Waals surface area contributed by atoms with Crippen LogP contribution in [0.1, 0.15) is 18.9 Å². The highest BCUT2D eigenvalue weighted by atomic mass is 16.7. The molecule has 0 spiro atoms. The summed E-state index contributed by atoms with van der Waals surface area (Å²) >= 11 is 0. The maximum atomic E-state index is 10.8. The van der Waals surface area contributed by atoms with Crippen LogP contribution in [-0.4, -0.2) is 29.5 Å². The van der Waals surface area contributed by atoms with Crippen LogP contribution < -0.4 is 4.74 Å². The molecule has 17 heavy (non-hydrogen) atoms. The number of ether oxygens (including phenoxy) is 1. The molecule has 1 aromatic carbocycles. The number of benzene rings is 1. The molecule has 90 valence electrons. The van der Waals surface area contributed by atoms with Crippen molar-refractivity contribution >= 4 is 11.7 Å². The van der Waals surface area contributed by atoms with E-state index in [1.54, 1.807) is 0 Å². The van der Waals surface area contributed by atoms with Crippen LogP contribution in [0.2, 0.25) is 0 Å². The highest BCUT2D eigenvalue weighted by molar-refractivity contribution is 6.05. The average Bonchev–Trinajstić information content (AvgIpc) is 2.79. The molecule has 0 amide bonds. The van der Waals surface area contributed by atoms with Crippen molar-refractivity contribution in [1.82, 2.24) is 0 Å². The van der Waals surface area contributed by atoms with E-state index in [4.69, 9.17) is 14.7 Å². The van der Waals surface area contributed by atoms with Gasteiger partial charge in [0.25, 0.3) is 0 Å². The largest absolute Gasteiger partial charge is 0.493 e. The van der Waals surface area contributed by atoms with Gasteiger partial charge in [0.1, 0.15) is 5.75 Å². The minimum atomic E-state index is -1.00. The summed E-state index contributed by atoms with van der Waals surface area (Å²) in [5.74, 6) is -0.305. The normalized spacial score (nSPS) is 18.4. The Kier molecular flexibility index (Phi) is 3.27. The first-order valence-corrected chi connectivity index (χ1v) is 5.40. The fourth-order valence-electron chi connectivity index (χ4n) is 1.66. The Labute approximate surface area is 98.6 Å². The van der Waals surface area contributed by atoms with Crippen LogP contribution >= 0.6 is 0 Å². The Morgan fingerprint density at radius 1 is 1.59 bits per heavy atom. The van der Waals surface area contributed by atoms with Crippen molar-refractivity contribution in [3.63, 3.8) is 0 Å². The summed E-state index contributed by atoms with van der Waals surface area (Å²) in [5, 5.41) is 12.6. The maximum Gasteiger partial charge on any atom is 0.348 e. The molecule has 0 aliphatic carbocycles. The van der Waals surface area contributed by atoms with Gasteiger partial charge in [0.2, 0.25) is 6.10 Å². The van der Waals surface area contributed by atoms with Crippen LogP contribution in [0.15, 0.2) is 29.4 Å². The lowest BCUT2D eigenvalue weighted by Crippen LogP contribution is -2.20. The lowest BCUT2D eigenvalue weighted by atomic mass is 10.0. The van der Waals surface area contributed by atoms with E-state index in [0.29, 0.717) is 18.1 Å². The molecule has 1 aliphatic heterocycles. The first kappa shape index (κ1) is 11.4. The number of rotatable bonds is 4. The van der Waals surface area contributed by atoms with Gasteiger partial charge in [-0.25, -0.2) is 4.79 Å². The molecule has 5 heteroatoms. The Hall–Kier alpha value is -2.04. The Morgan fingerprint density at radius 3 is 3.00 bits per heavy atom. The number of para-hydroxylation sites is 1. The van der Waals surface area contributed by atoms with Gasteiger partial charge in [0, 0.05) is 12.0 Å². The molecule has 1 atom stereocenters. The van der Waals surface area contributed by atoms with E-state index >= 15 is 0 Å². The fraction of sp³-hybridized carbons (Fsp3) is 0.333.